The Kier molecular flexibility index (Phi) is 7.29. The second kappa shape index (κ2) is 9.94. The van der Waals surface area contributed by atoms with Crippen molar-refractivity contribution in [1.29, 1.82) is 0 Å². The van der Waals surface area contributed by atoms with E-state index in [0.717, 1.165) is 12.8 Å². The molecule has 2 aliphatic rings. The number of nitrogens with one attached hydrogen (secondary N) is 4. The molecule has 0 radical (unpaired) electrons. The predicted molar refractivity (Wildman–Crippen MR) is 113 cm³/mol. The molecule has 12 heteroatoms. The maximum atomic E-state index is 13.0. The van der Waals surface area contributed by atoms with Gasteiger partial charge in [-0.3, -0.25) is 24.5 Å². The van der Waals surface area contributed by atoms with Crippen LogP contribution in [0.25, 0.3) is 0 Å². The number of nitrogens with zero attached hydrogens (tertiary/aromatic N) is 1. The van der Waals surface area contributed by atoms with Crippen molar-refractivity contribution in [2.24, 2.45) is 5.92 Å². The zero-order valence-electron chi connectivity index (χ0n) is 17.6. The number of aromatic nitrogens is 1. The molecule has 172 valence electrons. The lowest BCUT2D eigenvalue weighted by Crippen LogP contribution is -2.48. The molecule has 0 unspecified atom stereocenters. The summed E-state index contributed by atoms with van der Waals surface area (Å²) in [5.41, 5.74) is -0.121. The lowest BCUT2D eigenvalue weighted by Gasteiger charge is -2.20. The highest BCUT2D eigenvalue weighted by Gasteiger charge is 2.36. The molecular weight excluding hydrogens is 442 g/mol. The Labute approximate surface area is 189 Å². The Hall–Kier alpha value is -3.21. The van der Waals surface area contributed by atoms with Crippen molar-refractivity contribution < 1.29 is 28.7 Å². The van der Waals surface area contributed by atoms with Gasteiger partial charge < -0.3 is 20.7 Å². The molecule has 2 fully saturated rings. The molecule has 3 atom stereocenters. The van der Waals surface area contributed by atoms with Gasteiger partial charge in [-0.2, -0.15) is 0 Å². The smallest absolute Gasteiger partial charge is 0.413 e. The highest BCUT2D eigenvalue weighted by atomic mass is 35.5. The fourth-order valence-corrected chi connectivity index (χ4v) is 3.52. The molecule has 32 heavy (non-hydrogen) atoms. The molecule has 3 rings (SSSR count). The Bertz CT molecular complexity index is 950. The van der Waals surface area contributed by atoms with Crippen LogP contribution in [0.2, 0.25) is 5.02 Å². The van der Waals surface area contributed by atoms with E-state index >= 15 is 0 Å². The minimum atomic E-state index is -1.27. The topological polar surface area (TPSA) is 156 Å². The zero-order valence-corrected chi connectivity index (χ0v) is 18.3. The highest BCUT2D eigenvalue weighted by molar-refractivity contribution is 6.38. The summed E-state index contributed by atoms with van der Waals surface area (Å²) in [6, 6.07) is -0.0827. The van der Waals surface area contributed by atoms with Crippen LogP contribution in [-0.4, -0.2) is 59.8 Å². The van der Waals surface area contributed by atoms with E-state index in [2.05, 4.69) is 26.3 Å². The van der Waals surface area contributed by atoms with Gasteiger partial charge in [-0.1, -0.05) is 11.6 Å². The number of likely N-dealkylation sites (N-methyl/N-ethyl adjacent to an activating group) is 1. The fourth-order valence-electron chi connectivity index (χ4n) is 3.37. The van der Waals surface area contributed by atoms with Gasteiger partial charge in [0, 0.05) is 25.2 Å². The lowest BCUT2D eigenvalue weighted by atomic mass is 9.94. The van der Waals surface area contributed by atoms with Gasteiger partial charge in [0.1, 0.15) is 11.9 Å². The molecule has 0 spiro atoms. The summed E-state index contributed by atoms with van der Waals surface area (Å²) in [6.07, 6.45) is 2.25. The van der Waals surface area contributed by atoms with Gasteiger partial charge in [0.15, 0.2) is 0 Å². The van der Waals surface area contributed by atoms with Crippen molar-refractivity contribution in [3.05, 3.63) is 22.8 Å². The van der Waals surface area contributed by atoms with Gasteiger partial charge in [0.05, 0.1) is 16.6 Å². The van der Waals surface area contributed by atoms with Crippen LogP contribution >= 0.6 is 11.6 Å². The molecule has 0 aromatic carbocycles. The zero-order chi connectivity index (χ0) is 23.4. The summed E-state index contributed by atoms with van der Waals surface area (Å²) in [6.45, 7) is 1.82. The van der Waals surface area contributed by atoms with E-state index in [1.165, 1.54) is 19.3 Å². The number of carbonyl (C=O) groups is 5. The van der Waals surface area contributed by atoms with E-state index in [-0.39, 0.29) is 40.9 Å². The molecule has 4 amide bonds. The number of amides is 4. The minimum Gasteiger partial charge on any atom is -0.446 e. The quantitative estimate of drug-likeness (QED) is 0.413. The SMILES string of the molecule is CNC(=O)C(=O)[C@H](C[C@@H]1C[C@@H](C)NC1=O)NC(=O)c1cc(Cl)cnc1NC(=O)OC1CC1. The highest BCUT2D eigenvalue weighted by Crippen LogP contribution is 2.25. The van der Waals surface area contributed by atoms with Crippen molar-refractivity contribution in [3.63, 3.8) is 0 Å². The molecule has 1 aliphatic carbocycles. The van der Waals surface area contributed by atoms with Crippen molar-refractivity contribution in [1.82, 2.24) is 20.9 Å². The average molecular weight is 466 g/mol. The number of ketones is 1. The maximum Gasteiger partial charge on any atom is 0.413 e. The molecule has 1 aromatic heterocycles. The number of ether oxygens (including phenoxy) is 1. The average Bonchev–Trinajstić information content (AvgIpc) is 3.50. The van der Waals surface area contributed by atoms with Crippen LogP contribution in [0.4, 0.5) is 10.6 Å². The van der Waals surface area contributed by atoms with Crippen molar-refractivity contribution in [2.75, 3.05) is 12.4 Å². The van der Waals surface area contributed by atoms with Gasteiger partial charge in [-0.05, 0) is 38.7 Å². The van der Waals surface area contributed by atoms with Crippen LogP contribution in [0.3, 0.4) is 0 Å². The van der Waals surface area contributed by atoms with Crippen LogP contribution < -0.4 is 21.3 Å². The number of hydrogen-bond donors (Lipinski definition) is 4. The van der Waals surface area contributed by atoms with Gasteiger partial charge in [0.25, 0.3) is 11.8 Å². The van der Waals surface area contributed by atoms with Crippen molar-refractivity contribution >= 4 is 47.0 Å². The molecule has 1 saturated carbocycles. The summed E-state index contributed by atoms with van der Waals surface area (Å²) >= 11 is 5.97. The van der Waals surface area contributed by atoms with E-state index in [1.807, 2.05) is 6.92 Å². The molecule has 1 aromatic rings. The summed E-state index contributed by atoms with van der Waals surface area (Å²) in [7, 11) is 1.29. The van der Waals surface area contributed by atoms with Gasteiger partial charge in [-0.15, -0.1) is 0 Å². The molecule has 2 heterocycles. The van der Waals surface area contributed by atoms with Crippen LogP contribution in [0.15, 0.2) is 12.3 Å². The predicted octanol–water partition coefficient (Wildman–Crippen LogP) is 0.774. The maximum absolute atomic E-state index is 13.0. The van der Waals surface area contributed by atoms with Crippen molar-refractivity contribution in [3.8, 4) is 0 Å². The Morgan fingerprint density at radius 3 is 2.62 bits per heavy atom. The summed E-state index contributed by atoms with van der Waals surface area (Å²) in [5.74, 6) is -3.52. The first-order valence-electron chi connectivity index (χ1n) is 10.2. The molecule has 11 nitrogen and oxygen atoms in total. The van der Waals surface area contributed by atoms with Crippen LogP contribution in [0.1, 0.15) is 43.0 Å². The first kappa shape index (κ1) is 23.5. The Morgan fingerprint density at radius 1 is 1.31 bits per heavy atom. The van der Waals surface area contributed by atoms with E-state index in [9.17, 15) is 24.0 Å². The number of carbonyl (C=O) groups excluding carboxylic acids is 5. The summed E-state index contributed by atoms with van der Waals surface area (Å²) in [5, 5.41) is 9.97. The van der Waals surface area contributed by atoms with E-state index in [0.29, 0.717) is 6.42 Å². The molecule has 1 aliphatic heterocycles. The lowest BCUT2D eigenvalue weighted by molar-refractivity contribution is -0.139. The first-order chi connectivity index (χ1) is 15.2. The molecular formula is C20H24ClN5O6. The van der Waals surface area contributed by atoms with Crippen LogP contribution in [0.5, 0.6) is 0 Å². The van der Waals surface area contributed by atoms with E-state index in [4.69, 9.17) is 16.3 Å². The third kappa shape index (κ3) is 5.94. The summed E-state index contributed by atoms with van der Waals surface area (Å²) < 4.78 is 5.10. The minimum absolute atomic E-state index is 0.0609. The van der Waals surface area contributed by atoms with Gasteiger partial charge in [0.2, 0.25) is 11.7 Å². The number of pyridine rings is 1. The van der Waals surface area contributed by atoms with Crippen LogP contribution in [0, 0.1) is 5.92 Å². The third-order valence-corrected chi connectivity index (χ3v) is 5.31. The summed E-state index contributed by atoms with van der Waals surface area (Å²) in [4.78, 5) is 65.6. The number of hydrogen-bond acceptors (Lipinski definition) is 7. The number of rotatable bonds is 8. The number of halogens is 1. The molecule has 0 bridgehead atoms. The third-order valence-electron chi connectivity index (χ3n) is 5.11. The van der Waals surface area contributed by atoms with E-state index < -0.39 is 35.7 Å². The normalized spacial score (nSPS) is 20.7. The van der Waals surface area contributed by atoms with Crippen LogP contribution in [-0.2, 0) is 19.1 Å². The number of Topliss-reactive ketones (excluding diaryl/α,β-unsaturated/α-hetero) is 1. The second-order valence-electron chi connectivity index (χ2n) is 7.83. The Balaban J connectivity index is 1.79. The monoisotopic (exact) mass is 465 g/mol. The second-order valence-corrected chi connectivity index (χ2v) is 8.26. The largest absolute Gasteiger partial charge is 0.446 e. The Morgan fingerprint density at radius 2 is 2.03 bits per heavy atom. The molecule has 4 N–H and O–H groups in total. The number of anilines is 1. The van der Waals surface area contributed by atoms with E-state index in [1.54, 1.807) is 0 Å². The standard InChI is InChI=1S/C20H24ClN5O6/c1-9-5-10(17(28)24-9)6-14(15(27)19(30)22-2)25-18(29)13-7-11(21)8-23-16(13)26-20(31)32-12-3-4-12/h7-10,12,14H,3-6H2,1-2H3,(H,22,30)(H,24,28)(H,25,29)(H,23,26,31)/t9-,10+,14+/m1/s1. The fraction of sp³-hybridized carbons (Fsp3) is 0.500. The van der Waals surface area contributed by atoms with Gasteiger partial charge >= 0.3 is 6.09 Å². The first-order valence-corrected chi connectivity index (χ1v) is 10.6. The van der Waals surface area contributed by atoms with Crippen molar-refractivity contribution in [2.45, 2.75) is 50.8 Å². The molecule has 1 saturated heterocycles. The van der Waals surface area contributed by atoms with Gasteiger partial charge in [-0.25, -0.2) is 9.78 Å².